The first-order valence-electron chi connectivity index (χ1n) is 10.5. The van der Waals surface area contributed by atoms with Crippen LogP contribution in [0.5, 0.6) is 11.5 Å². The van der Waals surface area contributed by atoms with Gasteiger partial charge in [0.2, 0.25) is 5.89 Å². The summed E-state index contributed by atoms with van der Waals surface area (Å²) in [6, 6.07) is 13.8. The number of rotatable bonds is 8. The van der Waals surface area contributed by atoms with Crippen LogP contribution in [0, 0.1) is 0 Å². The number of esters is 1. The fourth-order valence-corrected chi connectivity index (χ4v) is 4.13. The summed E-state index contributed by atoms with van der Waals surface area (Å²) in [4.78, 5) is 19.0. The van der Waals surface area contributed by atoms with Crippen LogP contribution in [0.3, 0.4) is 0 Å². The highest BCUT2D eigenvalue weighted by atomic mass is 16.5. The first-order chi connectivity index (χ1) is 15.6. The van der Waals surface area contributed by atoms with Crippen molar-refractivity contribution in [2.75, 3.05) is 27.9 Å². The van der Waals surface area contributed by atoms with E-state index in [0.717, 1.165) is 29.7 Å². The summed E-state index contributed by atoms with van der Waals surface area (Å²) in [5, 5.41) is 4.13. The molecule has 0 spiro atoms. The molecule has 4 rings (SSSR count). The molecule has 0 saturated carbocycles. The molecule has 0 amide bonds. The van der Waals surface area contributed by atoms with Gasteiger partial charge in [-0.1, -0.05) is 35.5 Å². The van der Waals surface area contributed by atoms with Crippen molar-refractivity contribution in [2.24, 2.45) is 0 Å². The summed E-state index contributed by atoms with van der Waals surface area (Å²) in [6.07, 6.45) is 1.62. The van der Waals surface area contributed by atoms with E-state index in [-0.39, 0.29) is 18.4 Å². The van der Waals surface area contributed by atoms with Gasteiger partial charge in [0.05, 0.1) is 34.3 Å². The van der Waals surface area contributed by atoms with Crippen molar-refractivity contribution in [1.29, 1.82) is 0 Å². The summed E-state index contributed by atoms with van der Waals surface area (Å²) < 4.78 is 21.4. The molecule has 1 unspecified atom stereocenters. The highest BCUT2D eigenvalue weighted by molar-refractivity contribution is 5.70. The predicted octanol–water partition coefficient (Wildman–Crippen LogP) is 3.34. The quantitative estimate of drug-likeness (QED) is 0.496. The molecule has 2 aromatic carbocycles. The van der Waals surface area contributed by atoms with Crippen LogP contribution in [0.4, 0.5) is 0 Å². The van der Waals surface area contributed by atoms with Gasteiger partial charge in [-0.05, 0) is 35.2 Å². The van der Waals surface area contributed by atoms with Gasteiger partial charge in [-0.15, -0.1) is 0 Å². The van der Waals surface area contributed by atoms with Crippen molar-refractivity contribution in [2.45, 2.75) is 31.8 Å². The van der Waals surface area contributed by atoms with Gasteiger partial charge in [-0.2, -0.15) is 4.98 Å². The highest BCUT2D eigenvalue weighted by Gasteiger charge is 2.32. The Morgan fingerprint density at radius 1 is 1.12 bits per heavy atom. The third-order valence-corrected chi connectivity index (χ3v) is 5.75. The van der Waals surface area contributed by atoms with E-state index in [4.69, 9.17) is 18.7 Å². The molecule has 0 radical (unpaired) electrons. The first-order valence-corrected chi connectivity index (χ1v) is 10.5. The van der Waals surface area contributed by atoms with E-state index in [9.17, 15) is 4.79 Å². The maximum atomic E-state index is 12.2. The van der Waals surface area contributed by atoms with E-state index in [1.165, 1.54) is 7.11 Å². The molecular formula is C24H27N3O5. The van der Waals surface area contributed by atoms with Crippen molar-refractivity contribution < 1.29 is 23.5 Å². The molecule has 168 valence electrons. The average molecular weight is 437 g/mol. The van der Waals surface area contributed by atoms with Crippen molar-refractivity contribution in [1.82, 2.24) is 15.0 Å². The van der Waals surface area contributed by atoms with Crippen LogP contribution in [0.1, 0.15) is 40.9 Å². The Labute approximate surface area is 187 Å². The molecule has 0 N–H and O–H groups in total. The minimum absolute atomic E-state index is 0.199. The van der Waals surface area contributed by atoms with Gasteiger partial charge in [0, 0.05) is 19.0 Å². The number of ether oxygens (including phenoxy) is 3. The van der Waals surface area contributed by atoms with Crippen molar-refractivity contribution in [3.05, 3.63) is 70.9 Å². The molecule has 0 bridgehead atoms. The Balaban J connectivity index is 1.57. The van der Waals surface area contributed by atoms with Crippen LogP contribution in [0.15, 0.2) is 47.0 Å². The largest absolute Gasteiger partial charge is 0.493 e. The van der Waals surface area contributed by atoms with Gasteiger partial charge in [0.25, 0.3) is 0 Å². The number of aromatic nitrogens is 2. The standard InChI is InChI=1S/C24H27N3O5/c1-29-20-12-17-9-10-27(19(14-24(28)31-3)18(17)13-21(20)30-2)15-23-25-22(26-32-23)11-16-7-5-4-6-8-16/h4-8,12-13,19H,9-11,14-15H2,1-3H3. The Morgan fingerprint density at radius 2 is 1.88 bits per heavy atom. The molecule has 1 aromatic heterocycles. The number of fused-ring (bicyclic) bond motifs is 1. The number of carbonyl (C=O) groups excluding carboxylic acids is 1. The molecule has 1 aliphatic heterocycles. The van der Waals surface area contributed by atoms with Crippen molar-refractivity contribution in [3.8, 4) is 11.5 Å². The van der Waals surface area contributed by atoms with Crippen LogP contribution in [0.2, 0.25) is 0 Å². The number of hydrogen-bond acceptors (Lipinski definition) is 8. The lowest BCUT2D eigenvalue weighted by Crippen LogP contribution is -2.36. The molecule has 8 nitrogen and oxygen atoms in total. The molecule has 1 atom stereocenters. The second-order valence-corrected chi connectivity index (χ2v) is 7.69. The van der Waals surface area contributed by atoms with Crippen LogP contribution in [0.25, 0.3) is 0 Å². The van der Waals surface area contributed by atoms with Crippen LogP contribution in [-0.4, -0.2) is 48.9 Å². The average Bonchev–Trinajstić information content (AvgIpc) is 3.26. The molecule has 0 fully saturated rings. The van der Waals surface area contributed by atoms with Gasteiger partial charge in [-0.25, -0.2) is 0 Å². The zero-order valence-electron chi connectivity index (χ0n) is 18.5. The topological polar surface area (TPSA) is 86.9 Å². The number of carbonyl (C=O) groups is 1. The second kappa shape index (κ2) is 9.82. The zero-order valence-corrected chi connectivity index (χ0v) is 18.5. The van der Waals surface area contributed by atoms with E-state index in [0.29, 0.717) is 36.2 Å². The van der Waals surface area contributed by atoms with Crippen molar-refractivity contribution >= 4 is 5.97 Å². The molecule has 32 heavy (non-hydrogen) atoms. The summed E-state index contributed by atoms with van der Waals surface area (Å²) in [6.45, 7) is 1.18. The molecule has 1 aliphatic rings. The van der Waals surface area contributed by atoms with Gasteiger partial charge >= 0.3 is 5.97 Å². The number of methoxy groups -OCH3 is 3. The smallest absolute Gasteiger partial charge is 0.307 e. The summed E-state index contributed by atoms with van der Waals surface area (Å²) in [5.74, 6) is 2.19. The van der Waals surface area contributed by atoms with Gasteiger partial charge in [0.1, 0.15) is 0 Å². The normalized spacial score (nSPS) is 15.8. The molecule has 8 heteroatoms. The Hall–Kier alpha value is -3.39. The summed E-state index contributed by atoms with van der Waals surface area (Å²) >= 11 is 0. The second-order valence-electron chi connectivity index (χ2n) is 7.69. The minimum atomic E-state index is -0.280. The first kappa shape index (κ1) is 21.8. The van der Waals surface area contributed by atoms with Crippen LogP contribution >= 0.6 is 0 Å². The summed E-state index contributed by atoms with van der Waals surface area (Å²) in [5.41, 5.74) is 3.27. The fraction of sp³-hybridized carbons (Fsp3) is 0.375. The number of hydrogen-bond donors (Lipinski definition) is 0. The molecule has 2 heterocycles. The third-order valence-electron chi connectivity index (χ3n) is 5.75. The van der Waals surface area contributed by atoms with E-state index in [1.807, 2.05) is 42.5 Å². The van der Waals surface area contributed by atoms with E-state index in [1.54, 1.807) is 14.2 Å². The maximum Gasteiger partial charge on any atom is 0.307 e. The lowest BCUT2D eigenvalue weighted by atomic mass is 9.90. The SMILES string of the molecule is COC(=O)CC1c2cc(OC)c(OC)cc2CCN1Cc1nc(Cc2ccccc2)no1. The van der Waals surface area contributed by atoms with Gasteiger partial charge < -0.3 is 18.7 Å². The highest BCUT2D eigenvalue weighted by Crippen LogP contribution is 2.40. The lowest BCUT2D eigenvalue weighted by molar-refractivity contribution is -0.142. The lowest BCUT2D eigenvalue weighted by Gasteiger charge is -2.36. The predicted molar refractivity (Wildman–Crippen MR) is 117 cm³/mol. The van der Waals surface area contributed by atoms with Crippen LogP contribution in [-0.2, 0) is 28.9 Å². The molecular weight excluding hydrogens is 410 g/mol. The molecule has 0 aliphatic carbocycles. The number of benzene rings is 2. The zero-order chi connectivity index (χ0) is 22.5. The minimum Gasteiger partial charge on any atom is -0.493 e. The Morgan fingerprint density at radius 3 is 2.59 bits per heavy atom. The van der Waals surface area contributed by atoms with Gasteiger partial charge in [0.15, 0.2) is 17.3 Å². The third kappa shape index (κ3) is 4.75. The fourth-order valence-electron chi connectivity index (χ4n) is 4.13. The van der Waals surface area contributed by atoms with Gasteiger partial charge in [-0.3, -0.25) is 9.69 Å². The maximum absolute atomic E-state index is 12.2. The Kier molecular flexibility index (Phi) is 6.70. The van der Waals surface area contributed by atoms with E-state index < -0.39 is 0 Å². The number of nitrogens with zero attached hydrogens (tertiary/aromatic N) is 3. The van der Waals surface area contributed by atoms with E-state index >= 15 is 0 Å². The monoisotopic (exact) mass is 437 g/mol. The van der Waals surface area contributed by atoms with Crippen molar-refractivity contribution in [3.63, 3.8) is 0 Å². The van der Waals surface area contributed by atoms with Crippen LogP contribution < -0.4 is 9.47 Å². The summed E-state index contributed by atoms with van der Waals surface area (Å²) in [7, 11) is 4.62. The molecule has 3 aromatic rings. The van der Waals surface area contributed by atoms with E-state index in [2.05, 4.69) is 15.0 Å². The molecule has 0 saturated heterocycles. The Bertz CT molecular complexity index is 1070.